The van der Waals surface area contributed by atoms with Gasteiger partial charge in [-0.2, -0.15) is 4.99 Å². The first-order valence-electron chi connectivity index (χ1n) is 5.02. The van der Waals surface area contributed by atoms with E-state index < -0.39 is 11.4 Å². The van der Waals surface area contributed by atoms with Crippen molar-refractivity contribution in [2.24, 2.45) is 4.99 Å². The van der Waals surface area contributed by atoms with Gasteiger partial charge in [0, 0.05) is 21.2 Å². The predicted octanol–water partition coefficient (Wildman–Crippen LogP) is 1.79. The van der Waals surface area contributed by atoms with Crippen LogP contribution in [0.25, 0.3) is 0 Å². The third-order valence-corrected chi connectivity index (χ3v) is 2.39. The van der Waals surface area contributed by atoms with Crippen LogP contribution in [0.1, 0.15) is 13.8 Å². The van der Waals surface area contributed by atoms with Gasteiger partial charge >= 0.3 is 0 Å². The van der Waals surface area contributed by atoms with E-state index in [2.05, 4.69) is 10.9 Å². The smallest absolute Gasteiger partial charge is 0.251 e. The molecule has 0 saturated carbocycles. The number of nitrogens with zero attached hydrogens (tertiary/aromatic N) is 2. The summed E-state index contributed by atoms with van der Waals surface area (Å²) in [4.78, 5) is 5.73. The summed E-state index contributed by atoms with van der Waals surface area (Å²) in [6.07, 6.45) is 5.24. The maximum Gasteiger partial charge on any atom is 0.251 e. The Morgan fingerprint density at radius 3 is 2.24 bits per heavy atom. The van der Waals surface area contributed by atoms with E-state index in [4.69, 9.17) is 15.9 Å². The van der Waals surface area contributed by atoms with Crippen molar-refractivity contribution in [3.8, 4) is 12.3 Å². The summed E-state index contributed by atoms with van der Waals surface area (Å²) in [6.45, 7) is 3.16. The van der Waals surface area contributed by atoms with Crippen molar-refractivity contribution in [3.63, 3.8) is 0 Å². The topological polar surface area (TPSA) is 34.1 Å². The average molecular weight is 242 g/mol. The number of amidine groups is 1. The zero-order valence-electron chi connectivity index (χ0n) is 11.2. The molecule has 0 aromatic rings. The molecule has 17 heavy (non-hydrogen) atoms. The van der Waals surface area contributed by atoms with Gasteiger partial charge in [-0.3, -0.25) is 0 Å². The fourth-order valence-electron chi connectivity index (χ4n) is 0.847. The Hall–Kier alpha value is -1.54. The first kappa shape index (κ1) is 15.5. The molecule has 0 aliphatic rings. The molecule has 0 aromatic heterocycles. The van der Waals surface area contributed by atoms with Crippen LogP contribution in [0.2, 0.25) is 0 Å². The van der Waals surface area contributed by atoms with Crippen LogP contribution in [-0.4, -0.2) is 44.7 Å². The van der Waals surface area contributed by atoms with Crippen LogP contribution >= 0.6 is 0 Å². The highest BCUT2D eigenvalue weighted by Gasteiger charge is 2.31. The molecule has 0 amide bonds. The fraction of sp³-hybridized carbons (Fsp3) is 0.583. The minimum atomic E-state index is -1.47. The Bertz CT molecular complexity index is 369. The predicted molar refractivity (Wildman–Crippen MR) is 66.2 cm³/mol. The molecule has 0 radical (unpaired) electrons. The number of ether oxygens (including phenoxy) is 2. The van der Waals surface area contributed by atoms with E-state index in [-0.39, 0.29) is 5.88 Å². The van der Waals surface area contributed by atoms with Gasteiger partial charge in [-0.25, -0.2) is 4.39 Å². The van der Waals surface area contributed by atoms with Crippen LogP contribution in [0, 0.1) is 12.3 Å². The molecule has 0 heterocycles. The van der Waals surface area contributed by atoms with Crippen molar-refractivity contribution in [1.29, 1.82) is 0 Å². The molecule has 0 fully saturated rings. The van der Waals surface area contributed by atoms with Gasteiger partial charge in [-0.15, -0.1) is 6.42 Å². The van der Waals surface area contributed by atoms with Gasteiger partial charge in [0.05, 0.1) is 7.11 Å². The first-order valence-corrected chi connectivity index (χ1v) is 5.02. The minimum Gasteiger partial charge on any atom is -0.479 e. The summed E-state index contributed by atoms with van der Waals surface area (Å²) >= 11 is 0. The average Bonchev–Trinajstić information content (AvgIpc) is 2.33. The van der Waals surface area contributed by atoms with Crippen LogP contribution in [0.3, 0.4) is 0 Å². The third kappa shape index (κ3) is 3.75. The van der Waals surface area contributed by atoms with Gasteiger partial charge in [0.15, 0.2) is 5.60 Å². The molecule has 0 spiro atoms. The zero-order chi connectivity index (χ0) is 13.6. The molecule has 0 aliphatic heterocycles. The van der Waals surface area contributed by atoms with Crippen molar-refractivity contribution < 1.29 is 13.9 Å². The standard InChI is InChI=1S/C12H19FN2O2/c1-8-12(3,17-7)10(13)11(16-6)14-9(2)15(4)5/h1H,2-7H3/b11-10-,14-9?. The van der Waals surface area contributed by atoms with Crippen LogP contribution in [0.15, 0.2) is 16.7 Å². The summed E-state index contributed by atoms with van der Waals surface area (Å²) in [6, 6.07) is 0. The molecular weight excluding hydrogens is 223 g/mol. The van der Waals surface area contributed by atoms with E-state index in [0.717, 1.165) is 0 Å². The second kappa shape index (κ2) is 6.26. The van der Waals surface area contributed by atoms with Gasteiger partial charge in [0.2, 0.25) is 5.83 Å². The molecule has 96 valence electrons. The molecule has 0 bridgehead atoms. The number of rotatable bonds is 4. The number of halogens is 1. The van der Waals surface area contributed by atoms with Gasteiger partial charge < -0.3 is 14.4 Å². The normalized spacial score (nSPS) is 16.7. The number of methoxy groups -OCH3 is 2. The molecule has 1 unspecified atom stereocenters. The Morgan fingerprint density at radius 2 is 1.94 bits per heavy atom. The van der Waals surface area contributed by atoms with E-state index in [0.29, 0.717) is 5.84 Å². The maximum atomic E-state index is 14.1. The van der Waals surface area contributed by atoms with E-state index in [1.54, 1.807) is 25.9 Å². The van der Waals surface area contributed by atoms with Crippen LogP contribution < -0.4 is 0 Å². The Morgan fingerprint density at radius 1 is 1.41 bits per heavy atom. The van der Waals surface area contributed by atoms with Crippen LogP contribution in [-0.2, 0) is 9.47 Å². The highest BCUT2D eigenvalue weighted by Crippen LogP contribution is 2.25. The SMILES string of the molecule is C#CC(C)(OC)/C(F)=C(\N=C(C)N(C)C)OC. The largest absolute Gasteiger partial charge is 0.479 e. The van der Waals surface area contributed by atoms with Crippen LogP contribution in [0.4, 0.5) is 4.39 Å². The minimum absolute atomic E-state index is 0.182. The lowest BCUT2D eigenvalue weighted by molar-refractivity contribution is 0.0612. The molecule has 0 N–H and O–H groups in total. The van der Waals surface area contributed by atoms with Gasteiger partial charge in [-0.1, -0.05) is 5.92 Å². The van der Waals surface area contributed by atoms with E-state index in [1.807, 2.05) is 0 Å². The molecule has 4 nitrogen and oxygen atoms in total. The van der Waals surface area contributed by atoms with Gasteiger partial charge in [0.25, 0.3) is 5.88 Å². The van der Waals surface area contributed by atoms with Crippen molar-refractivity contribution >= 4 is 5.84 Å². The van der Waals surface area contributed by atoms with Crippen molar-refractivity contribution in [3.05, 3.63) is 11.7 Å². The van der Waals surface area contributed by atoms with Gasteiger partial charge in [0.1, 0.15) is 5.84 Å². The molecule has 1 atom stereocenters. The van der Waals surface area contributed by atoms with E-state index in [9.17, 15) is 4.39 Å². The highest BCUT2D eigenvalue weighted by atomic mass is 19.1. The molecule has 0 aliphatic carbocycles. The number of terminal acetylenes is 1. The van der Waals surface area contributed by atoms with Crippen LogP contribution in [0.5, 0.6) is 0 Å². The number of hydrogen-bond donors (Lipinski definition) is 0. The summed E-state index contributed by atoms with van der Waals surface area (Å²) in [5, 5.41) is 0. The lowest BCUT2D eigenvalue weighted by Gasteiger charge is -2.21. The molecule has 0 aromatic carbocycles. The van der Waals surface area contributed by atoms with Crippen molar-refractivity contribution in [1.82, 2.24) is 4.90 Å². The highest BCUT2D eigenvalue weighted by molar-refractivity contribution is 5.80. The molecule has 5 heteroatoms. The first-order chi connectivity index (χ1) is 7.82. The van der Waals surface area contributed by atoms with Crippen molar-refractivity contribution in [2.75, 3.05) is 28.3 Å². The maximum absolute atomic E-state index is 14.1. The van der Waals surface area contributed by atoms with E-state index >= 15 is 0 Å². The second-order valence-electron chi connectivity index (χ2n) is 3.76. The summed E-state index contributed by atoms with van der Waals surface area (Å²) in [5.41, 5.74) is -1.47. The second-order valence-corrected chi connectivity index (χ2v) is 3.76. The Kier molecular flexibility index (Phi) is 5.69. The lowest BCUT2D eigenvalue weighted by Crippen LogP contribution is -2.27. The third-order valence-electron chi connectivity index (χ3n) is 2.39. The quantitative estimate of drug-likeness (QED) is 0.326. The monoisotopic (exact) mass is 242 g/mol. The molecule has 0 rings (SSSR count). The summed E-state index contributed by atoms with van der Waals surface area (Å²) < 4.78 is 23.9. The Balaban J connectivity index is 5.51. The molecule has 0 saturated heterocycles. The van der Waals surface area contributed by atoms with E-state index in [1.165, 1.54) is 21.1 Å². The van der Waals surface area contributed by atoms with Gasteiger partial charge in [-0.05, 0) is 13.8 Å². The number of hydrogen-bond acceptors (Lipinski definition) is 3. The Labute approximate surface area is 102 Å². The fourth-order valence-corrected chi connectivity index (χ4v) is 0.847. The van der Waals surface area contributed by atoms with Crippen molar-refractivity contribution in [2.45, 2.75) is 19.4 Å². The molecular formula is C12H19FN2O2. The lowest BCUT2D eigenvalue weighted by atomic mass is 10.1. The summed E-state index contributed by atoms with van der Waals surface area (Å²) in [5.74, 6) is 1.91. The number of aliphatic imine (C=N–C) groups is 1. The zero-order valence-corrected chi connectivity index (χ0v) is 11.2. The summed E-state index contributed by atoms with van der Waals surface area (Å²) in [7, 11) is 6.24.